The van der Waals surface area contributed by atoms with E-state index in [9.17, 15) is 4.79 Å². The normalized spacial score (nSPS) is 15.4. The predicted octanol–water partition coefficient (Wildman–Crippen LogP) is 3.37. The van der Waals surface area contributed by atoms with Crippen LogP contribution < -0.4 is 4.90 Å². The maximum atomic E-state index is 12.1. The number of ether oxygens (including phenoxy) is 1. The first-order valence-electron chi connectivity index (χ1n) is 6.06. The van der Waals surface area contributed by atoms with E-state index in [4.69, 9.17) is 4.74 Å². The lowest BCUT2D eigenvalue weighted by Gasteiger charge is -2.31. The molecule has 0 saturated heterocycles. The first-order valence-corrected chi connectivity index (χ1v) is 6.06. The summed E-state index contributed by atoms with van der Waals surface area (Å²) in [5.41, 5.74) is 1.78. The Kier molecular flexibility index (Phi) is 3.09. The predicted molar refractivity (Wildman–Crippen MR) is 68.3 cm³/mol. The van der Waals surface area contributed by atoms with Crippen molar-refractivity contribution in [1.29, 1.82) is 0 Å². The molecule has 0 aliphatic carbocycles. The Balaban J connectivity index is 2.21. The summed E-state index contributed by atoms with van der Waals surface area (Å²) in [6.07, 6.45) is 1.79. The lowest BCUT2D eigenvalue weighted by Crippen LogP contribution is -2.39. The highest BCUT2D eigenvalue weighted by molar-refractivity contribution is 5.89. The average Bonchev–Trinajstić information content (AvgIpc) is 2.26. The van der Waals surface area contributed by atoms with Crippen molar-refractivity contribution in [2.75, 3.05) is 11.4 Å². The molecule has 0 fully saturated rings. The second-order valence-electron chi connectivity index (χ2n) is 5.36. The zero-order chi connectivity index (χ0) is 12.5. The van der Waals surface area contributed by atoms with Crippen LogP contribution in [0.2, 0.25) is 0 Å². The Bertz CT molecular complexity index is 420. The fourth-order valence-corrected chi connectivity index (χ4v) is 2.04. The Morgan fingerprint density at radius 1 is 1.29 bits per heavy atom. The highest BCUT2D eigenvalue weighted by atomic mass is 16.6. The number of hydrogen-bond acceptors (Lipinski definition) is 2. The molecular weight excluding hydrogens is 214 g/mol. The molecule has 1 amide bonds. The van der Waals surface area contributed by atoms with Crippen molar-refractivity contribution in [1.82, 2.24) is 0 Å². The van der Waals surface area contributed by atoms with Gasteiger partial charge in [0.15, 0.2) is 0 Å². The van der Waals surface area contributed by atoms with E-state index in [2.05, 4.69) is 6.07 Å². The summed E-state index contributed by atoms with van der Waals surface area (Å²) in [5.74, 6) is 0. The zero-order valence-corrected chi connectivity index (χ0v) is 10.7. The molecule has 1 heterocycles. The first-order chi connectivity index (χ1) is 7.97. The summed E-state index contributed by atoms with van der Waals surface area (Å²) in [5, 5.41) is 0. The number of amides is 1. The molecule has 0 bridgehead atoms. The lowest BCUT2D eigenvalue weighted by molar-refractivity contribution is 0.0578. The van der Waals surface area contributed by atoms with Crippen molar-refractivity contribution < 1.29 is 9.53 Å². The monoisotopic (exact) mass is 233 g/mol. The number of para-hydroxylation sites is 1. The average molecular weight is 233 g/mol. The summed E-state index contributed by atoms with van der Waals surface area (Å²) < 4.78 is 5.42. The maximum absolute atomic E-state index is 12.1. The second-order valence-corrected chi connectivity index (χ2v) is 5.36. The minimum atomic E-state index is -0.441. The van der Waals surface area contributed by atoms with E-state index in [1.807, 2.05) is 39.0 Å². The number of nitrogens with zero attached hydrogens (tertiary/aromatic N) is 1. The number of fused-ring (bicyclic) bond motifs is 1. The molecule has 2 rings (SSSR count). The quantitative estimate of drug-likeness (QED) is 0.687. The number of carbonyl (C=O) groups is 1. The summed E-state index contributed by atoms with van der Waals surface area (Å²) in [6, 6.07) is 8.03. The van der Waals surface area contributed by atoms with Crippen molar-refractivity contribution in [3.63, 3.8) is 0 Å². The van der Waals surface area contributed by atoms with Gasteiger partial charge in [-0.05, 0) is 45.2 Å². The standard InChI is InChI=1S/C14H19NO2/c1-14(2,3)17-13(16)15-10-6-8-11-7-4-5-9-12(11)15/h4-5,7,9H,6,8,10H2,1-3H3. The van der Waals surface area contributed by atoms with Crippen molar-refractivity contribution in [2.45, 2.75) is 39.2 Å². The van der Waals surface area contributed by atoms with Gasteiger partial charge in [0, 0.05) is 6.54 Å². The SMILES string of the molecule is CC(C)(C)OC(=O)N1CCCc2ccccc21. The summed E-state index contributed by atoms with van der Waals surface area (Å²) >= 11 is 0. The topological polar surface area (TPSA) is 29.5 Å². The molecule has 0 spiro atoms. The number of rotatable bonds is 0. The van der Waals surface area contributed by atoms with E-state index in [1.165, 1.54) is 5.56 Å². The zero-order valence-electron chi connectivity index (χ0n) is 10.7. The minimum absolute atomic E-state index is 0.246. The van der Waals surface area contributed by atoms with Gasteiger partial charge in [0.2, 0.25) is 0 Å². The van der Waals surface area contributed by atoms with Crippen LogP contribution in [0, 0.1) is 0 Å². The van der Waals surface area contributed by atoms with E-state index in [0.717, 1.165) is 25.1 Å². The molecule has 0 aromatic heterocycles. The van der Waals surface area contributed by atoms with E-state index in [0.29, 0.717) is 0 Å². The maximum Gasteiger partial charge on any atom is 0.414 e. The van der Waals surface area contributed by atoms with Crippen LogP contribution in [-0.4, -0.2) is 18.2 Å². The van der Waals surface area contributed by atoms with Crippen LogP contribution in [0.5, 0.6) is 0 Å². The lowest BCUT2D eigenvalue weighted by atomic mass is 10.0. The van der Waals surface area contributed by atoms with Gasteiger partial charge >= 0.3 is 6.09 Å². The fraction of sp³-hybridized carbons (Fsp3) is 0.500. The summed E-state index contributed by atoms with van der Waals surface area (Å²) in [4.78, 5) is 13.8. The van der Waals surface area contributed by atoms with Crippen molar-refractivity contribution in [3.8, 4) is 0 Å². The molecule has 1 aliphatic rings. The van der Waals surface area contributed by atoms with E-state index >= 15 is 0 Å². The number of benzene rings is 1. The van der Waals surface area contributed by atoms with Gasteiger partial charge < -0.3 is 4.74 Å². The van der Waals surface area contributed by atoms with E-state index in [-0.39, 0.29) is 6.09 Å². The highest BCUT2D eigenvalue weighted by Crippen LogP contribution is 2.28. The molecule has 1 aliphatic heterocycles. The van der Waals surface area contributed by atoms with Crippen LogP contribution in [0.15, 0.2) is 24.3 Å². The van der Waals surface area contributed by atoms with Gasteiger partial charge in [-0.2, -0.15) is 0 Å². The molecule has 3 heteroatoms. The van der Waals surface area contributed by atoms with E-state index in [1.54, 1.807) is 4.90 Å². The van der Waals surface area contributed by atoms with Gasteiger partial charge in [0.1, 0.15) is 5.60 Å². The van der Waals surface area contributed by atoms with Crippen molar-refractivity contribution >= 4 is 11.8 Å². The molecule has 0 atom stereocenters. The van der Waals surface area contributed by atoms with Crippen LogP contribution in [0.1, 0.15) is 32.8 Å². The minimum Gasteiger partial charge on any atom is -0.443 e. The van der Waals surface area contributed by atoms with Gasteiger partial charge in [0.05, 0.1) is 5.69 Å². The molecule has 0 radical (unpaired) electrons. The van der Waals surface area contributed by atoms with Crippen LogP contribution in [-0.2, 0) is 11.2 Å². The van der Waals surface area contributed by atoms with Gasteiger partial charge in [-0.25, -0.2) is 4.79 Å². The fourth-order valence-electron chi connectivity index (χ4n) is 2.04. The molecule has 1 aromatic carbocycles. The van der Waals surface area contributed by atoms with Crippen molar-refractivity contribution in [3.05, 3.63) is 29.8 Å². The molecular formula is C14H19NO2. The van der Waals surface area contributed by atoms with Crippen molar-refractivity contribution in [2.24, 2.45) is 0 Å². The molecule has 0 N–H and O–H groups in total. The van der Waals surface area contributed by atoms with Crippen LogP contribution in [0.4, 0.5) is 10.5 Å². The Labute approximate surface area is 102 Å². The van der Waals surface area contributed by atoms with Gasteiger partial charge in [-0.3, -0.25) is 4.90 Å². The number of carbonyl (C=O) groups excluding carboxylic acids is 1. The highest BCUT2D eigenvalue weighted by Gasteiger charge is 2.26. The van der Waals surface area contributed by atoms with Gasteiger partial charge in [-0.15, -0.1) is 0 Å². The summed E-state index contributed by atoms with van der Waals surface area (Å²) in [6.45, 7) is 6.41. The van der Waals surface area contributed by atoms with Crippen LogP contribution >= 0.6 is 0 Å². The smallest absolute Gasteiger partial charge is 0.414 e. The molecule has 17 heavy (non-hydrogen) atoms. The third-order valence-corrected chi connectivity index (χ3v) is 2.72. The van der Waals surface area contributed by atoms with Crippen LogP contribution in [0.25, 0.3) is 0 Å². The molecule has 92 valence electrons. The van der Waals surface area contributed by atoms with E-state index < -0.39 is 5.60 Å². The molecule has 3 nitrogen and oxygen atoms in total. The second kappa shape index (κ2) is 4.40. The third kappa shape index (κ3) is 2.78. The first kappa shape index (κ1) is 12.0. The Hall–Kier alpha value is -1.51. The van der Waals surface area contributed by atoms with Gasteiger partial charge in [-0.1, -0.05) is 18.2 Å². The molecule has 0 saturated carbocycles. The summed E-state index contributed by atoms with van der Waals surface area (Å²) in [7, 11) is 0. The molecule has 1 aromatic rings. The number of hydrogen-bond donors (Lipinski definition) is 0. The molecule has 0 unspecified atom stereocenters. The Morgan fingerprint density at radius 2 is 2.00 bits per heavy atom. The van der Waals surface area contributed by atoms with Gasteiger partial charge in [0.25, 0.3) is 0 Å². The third-order valence-electron chi connectivity index (χ3n) is 2.72. The van der Waals surface area contributed by atoms with Crippen LogP contribution in [0.3, 0.4) is 0 Å². The largest absolute Gasteiger partial charge is 0.443 e. The Morgan fingerprint density at radius 3 is 2.71 bits per heavy atom. The number of aryl methyl sites for hydroxylation is 1. The number of anilines is 1.